The zero-order valence-corrected chi connectivity index (χ0v) is 14.9. The number of sulfone groups is 1. The summed E-state index contributed by atoms with van der Waals surface area (Å²) in [6, 6.07) is -1.72. The van der Waals surface area contributed by atoms with Gasteiger partial charge in [0.1, 0.15) is 6.04 Å². The average Bonchev–Trinajstić information content (AvgIpc) is 2.83. The largest absolute Gasteiger partial charge is 0.480 e. The summed E-state index contributed by atoms with van der Waals surface area (Å²) in [6.45, 7) is 5.94. The van der Waals surface area contributed by atoms with Crippen LogP contribution < -0.4 is 5.32 Å². The second-order valence-electron chi connectivity index (χ2n) is 6.16. The van der Waals surface area contributed by atoms with Crippen LogP contribution in [0.4, 0.5) is 0 Å². The molecule has 1 aliphatic rings. The molecule has 1 rings (SSSR count). The Bertz CT molecular complexity index is 520. The Hall–Kier alpha value is -1.15. The topological polar surface area (TPSA) is 104 Å². The fraction of sp³-hybridized carbons (Fsp3) is 0.867. The van der Waals surface area contributed by atoms with Gasteiger partial charge in [-0.3, -0.25) is 14.9 Å². The molecule has 7 nitrogen and oxygen atoms in total. The molecule has 134 valence electrons. The molecular weight excluding hydrogens is 320 g/mol. The Morgan fingerprint density at radius 2 is 1.96 bits per heavy atom. The summed E-state index contributed by atoms with van der Waals surface area (Å²) in [7, 11) is -3.07. The van der Waals surface area contributed by atoms with E-state index in [9.17, 15) is 23.1 Å². The maximum atomic E-state index is 12.7. The summed E-state index contributed by atoms with van der Waals surface area (Å²) in [5, 5.41) is 12.1. The SMILES string of the molecule is CCCC(NC(C)C(=O)N(CCC)C1CCS(=O)(=O)C1)C(=O)O. The lowest BCUT2D eigenvalue weighted by atomic mass is 10.1. The average molecular weight is 348 g/mol. The van der Waals surface area contributed by atoms with Crippen LogP contribution in [0, 0.1) is 0 Å². The van der Waals surface area contributed by atoms with Gasteiger partial charge in [-0.2, -0.15) is 0 Å². The number of nitrogens with one attached hydrogen (secondary N) is 1. The molecule has 0 aliphatic carbocycles. The number of rotatable bonds is 9. The molecule has 3 unspecified atom stereocenters. The number of aliphatic carboxylic acids is 1. The Morgan fingerprint density at radius 3 is 2.39 bits per heavy atom. The lowest BCUT2D eigenvalue weighted by molar-refractivity contribution is -0.141. The second kappa shape index (κ2) is 8.63. The molecular formula is C15H28N2O5S. The van der Waals surface area contributed by atoms with E-state index in [1.54, 1.807) is 11.8 Å². The molecule has 0 aromatic rings. The van der Waals surface area contributed by atoms with Crippen LogP contribution in [0.2, 0.25) is 0 Å². The van der Waals surface area contributed by atoms with Gasteiger partial charge >= 0.3 is 5.97 Å². The third-order valence-corrected chi connectivity index (χ3v) is 5.84. The predicted molar refractivity (Wildman–Crippen MR) is 88.0 cm³/mol. The number of carboxylic acids is 1. The number of nitrogens with zero attached hydrogens (tertiary/aromatic N) is 1. The number of amides is 1. The highest BCUT2D eigenvalue weighted by atomic mass is 32.2. The van der Waals surface area contributed by atoms with Crippen molar-refractivity contribution in [3.8, 4) is 0 Å². The number of carbonyl (C=O) groups excluding carboxylic acids is 1. The van der Waals surface area contributed by atoms with Crippen LogP contribution in [0.5, 0.6) is 0 Å². The summed E-state index contributed by atoms with van der Waals surface area (Å²) in [5.74, 6) is -1.09. The van der Waals surface area contributed by atoms with Crippen molar-refractivity contribution in [3.63, 3.8) is 0 Å². The van der Waals surface area contributed by atoms with Crippen LogP contribution in [0.15, 0.2) is 0 Å². The third-order valence-electron chi connectivity index (χ3n) is 4.09. The Balaban J connectivity index is 2.78. The first-order valence-electron chi connectivity index (χ1n) is 8.21. The quantitative estimate of drug-likeness (QED) is 0.634. The van der Waals surface area contributed by atoms with E-state index >= 15 is 0 Å². The first-order chi connectivity index (χ1) is 10.7. The zero-order chi connectivity index (χ0) is 17.6. The van der Waals surface area contributed by atoms with Crippen LogP contribution in [0.3, 0.4) is 0 Å². The van der Waals surface area contributed by atoms with E-state index in [1.165, 1.54) is 0 Å². The molecule has 1 saturated heterocycles. The van der Waals surface area contributed by atoms with Crippen molar-refractivity contribution in [2.75, 3.05) is 18.1 Å². The lowest BCUT2D eigenvalue weighted by Gasteiger charge is -2.31. The van der Waals surface area contributed by atoms with Gasteiger partial charge in [-0.25, -0.2) is 8.42 Å². The molecule has 0 bridgehead atoms. The number of carboxylic acid groups (broad SMARTS) is 1. The smallest absolute Gasteiger partial charge is 0.320 e. The fourth-order valence-electron chi connectivity index (χ4n) is 2.92. The van der Waals surface area contributed by atoms with E-state index < -0.39 is 27.9 Å². The minimum Gasteiger partial charge on any atom is -0.480 e. The van der Waals surface area contributed by atoms with E-state index in [0.717, 1.165) is 6.42 Å². The van der Waals surface area contributed by atoms with E-state index in [0.29, 0.717) is 25.8 Å². The van der Waals surface area contributed by atoms with Crippen molar-refractivity contribution < 1.29 is 23.1 Å². The molecule has 0 saturated carbocycles. The Labute approximate surface area is 138 Å². The summed E-state index contributed by atoms with van der Waals surface area (Å²) in [5.41, 5.74) is 0. The maximum Gasteiger partial charge on any atom is 0.320 e. The molecule has 1 aliphatic heterocycles. The van der Waals surface area contributed by atoms with Crippen molar-refractivity contribution in [1.29, 1.82) is 0 Å². The maximum absolute atomic E-state index is 12.7. The molecule has 3 atom stereocenters. The Morgan fingerprint density at radius 1 is 1.30 bits per heavy atom. The zero-order valence-electron chi connectivity index (χ0n) is 14.1. The molecule has 0 aromatic carbocycles. The molecule has 2 N–H and O–H groups in total. The van der Waals surface area contributed by atoms with E-state index in [4.69, 9.17) is 0 Å². The van der Waals surface area contributed by atoms with Crippen molar-refractivity contribution in [2.45, 2.75) is 64.6 Å². The normalized spacial score (nSPS) is 22.5. The van der Waals surface area contributed by atoms with Gasteiger partial charge in [0, 0.05) is 12.6 Å². The van der Waals surface area contributed by atoms with E-state index in [2.05, 4.69) is 5.32 Å². The van der Waals surface area contributed by atoms with Crippen molar-refractivity contribution >= 4 is 21.7 Å². The fourth-order valence-corrected chi connectivity index (χ4v) is 4.65. The number of hydrogen-bond donors (Lipinski definition) is 2. The minimum absolute atomic E-state index is 0.00276. The van der Waals surface area contributed by atoms with Crippen LogP contribution in [-0.2, 0) is 19.4 Å². The number of hydrogen-bond acceptors (Lipinski definition) is 5. The molecule has 0 aromatic heterocycles. The molecule has 0 radical (unpaired) electrons. The molecule has 8 heteroatoms. The monoisotopic (exact) mass is 348 g/mol. The molecule has 23 heavy (non-hydrogen) atoms. The number of carbonyl (C=O) groups is 2. The first kappa shape index (κ1) is 19.9. The highest BCUT2D eigenvalue weighted by Crippen LogP contribution is 2.19. The van der Waals surface area contributed by atoms with E-state index in [-0.39, 0.29) is 23.5 Å². The molecule has 1 fully saturated rings. The van der Waals surface area contributed by atoms with Crippen LogP contribution in [0.1, 0.15) is 46.5 Å². The van der Waals surface area contributed by atoms with Crippen LogP contribution in [0.25, 0.3) is 0 Å². The van der Waals surface area contributed by atoms with Gasteiger partial charge in [0.15, 0.2) is 9.84 Å². The minimum atomic E-state index is -3.07. The summed E-state index contributed by atoms with van der Waals surface area (Å²) in [6.07, 6.45) is 2.33. The third kappa shape index (κ3) is 5.76. The predicted octanol–water partition coefficient (Wildman–Crippen LogP) is 0.644. The van der Waals surface area contributed by atoms with Crippen molar-refractivity contribution in [1.82, 2.24) is 10.2 Å². The van der Waals surface area contributed by atoms with Crippen molar-refractivity contribution in [3.05, 3.63) is 0 Å². The highest BCUT2D eigenvalue weighted by Gasteiger charge is 2.36. The van der Waals surface area contributed by atoms with Gasteiger partial charge in [0.25, 0.3) is 0 Å². The summed E-state index contributed by atoms with van der Waals surface area (Å²) in [4.78, 5) is 25.5. The van der Waals surface area contributed by atoms with Gasteiger partial charge in [-0.15, -0.1) is 0 Å². The summed E-state index contributed by atoms with van der Waals surface area (Å²) >= 11 is 0. The molecule has 1 amide bonds. The van der Waals surface area contributed by atoms with Gasteiger partial charge in [0.2, 0.25) is 5.91 Å². The first-order valence-corrected chi connectivity index (χ1v) is 10.0. The van der Waals surface area contributed by atoms with Gasteiger partial charge in [0.05, 0.1) is 17.5 Å². The van der Waals surface area contributed by atoms with Gasteiger partial charge < -0.3 is 10.0 Å². The van der Waals surface area contributed by atoms with Gasteiger partial charge in [-0.1, -0.05) is 20.3 Å². The van der Waals surface area contributed by atoms with Gasteiger partial charge in [-0.05, 0) is 26.2 Å². The standard InChI is InChI=1S/C15H28N2O5S/c1-4-6-13(15(19)20)16-11(3)14(18)17(8-5-2)12-7-9-23(21,22)10-12/h11-13,16H,4-10H2,1-3H3,(H,19,20). The Kier molecular flexibility index (Phi) is 7.47. The lowest BCUT2D eigenvalue weighted by Crippen LogP contribution is -2.53. The summed E-state index contributed by atoms with van der Waals surface area (Å²) < 4.78 is 23.3. The van der Waals surface area contributed by atoms with Crippen molar-refractivity contribution in [2.24, 2.45) is 0 Å². The van der Waals surface area contributed by atoms with Crippen LogP contribution in [-0.4, -0.2) is 66.5 Å². The highest BCUT2D eigenvalue weighted by molar-refractivity contribution is 7.91. The molecule has 1 heterocycles. The van der Waals surface area contributed by atoms with E-state index in [1.807, 2.05) is 13.8 Å². The van der Waals surface area contributed by atoms with Crippen LogP contribution >= 0.6 is 0 Å². The second-order valence-corrected chi connectivity index (χ2v) is 8.39. The molecule has 0 spiro atoms.